The largest absolute Gasteiger partial charge is 0.357 e. The molecule has 0 bridgehead atoms. The van der Waals surface area contributed by atoms with E-state index < -0.39 is 0 Å². The van der Waals surface area contributed by atoms with E-state index in [1.54, 1.807) is 22.7 Å². The Morgan fingerprint density at radius 1 is 1.21 bits per heavy atom. The molecule has 0 saturated carbocycles. The summed E-state index contributed by atoms with van der Waals surface area (Å²) in [6.45, 7) is 8.63. The lowest BCUT2D eigenvalue weighted by Crippen LogP contribution is -2.38. The molecule has 0 spiro atoms. The Morgan fingerprint density at radius 3 is 2.54 bits per heavy atom. The molecule has 0 unspecified atom stereocenters. The predicted molar refractivity (Wildman–Crippen MR) is 115 cm³/mol. The standard InChI is InChI=1S/C16H25N5S2.HI/c1-5-15-20-13(10-23-15)7-8-18-16(17-6-2)21(4)9-14-11-22-12(3)19-14;/h10-11H,5-9H2,1-4H3,(H,17,18);1H. The minimum atomic E-state index is 0. The summed E-state index contributed by atoms with van der Waals surface area (Å²) in [4.78, 5) is 16.0. The first-order chi connectivity index (χ1) is 11.1. The van der Waals surface area contributed by atoms with Crippen LogP contribution in [-0.2, 0) is 19.4 Å². The normalized spacial score (nSPS) is 11.2. The minimum Gasteiger partial charge on any atom is -0.357 e. The van der Waals surface area contributed by atoms with Crippen LogP contribution < -0.4 is 5.32 Å². The molecular weight excluding hydrogens is 453 g/mol. The fourth-order valence-electron chi connectivity index (χ4n) is 2.17. The maximum Gasteiger partial charge on any atom is 0.194 e. The van der Waals surface area contributed by atoms with Crippen molar-refractivity contribution < 1.29 is 0 Å². The third-order valence-electron chi connectivity index (χ3n) is 3.29. The van der Waals surface area contributed by atoms with Crippen LogP contribution in [0.1, 0.15) is 35.3 Å². The van der Waals surface area contributed by atoms with Gasteiger partial charge in [-0.15, -0.1) is 46.7 Å². The molecule has 0 aliphatic heterocycles. The van der Waals surface area contributed by atoms with Crippen LogP contribution in [0.4, 0.5) is 0 Å². The van der Waals surface area contributed by atoms with Crippen molar-refractivity contribution in [3.8, 4) is 0 Å². The van der Waals surface area contributed by atoms with Gasteiger partial charge in [0.1, 0.15) is 0 Å². The molecule has 2 heterocycles. The second-order valence-corrected chi connectivity index (χ2v) is 7.29. The molecule has 0 fully saturated rings. The molecule has 0 aromatic carbocycles. The predicted octanol–water partition coefficient (Wildman–Crippen LogP) is 3.73. The molecule has 2 aromatic heterocycles. The topological polar surface area (TPSA) is 53.4 Å². The molecule has 2 rings (SSSR count). The zero-order valence-electron chi connectivity index (χ0n) is 14.7. The number of thiazole rings is 2. The first-order valence-corrected chi connectivity index (χ1v) is 9.72. The van der Waals surface area contributed by atoms with Gasteiger partial charge in [-0.1, -0.05) is 6.92 Å². The Kier molecular flexibility index (Phi) is 9.75. The quantitative estimate of drug-likeness (QED) is 0.374. The van der Waals surface area contributed by atoms with E-state index >= 15 is 0 Å². The molecule has 5 nitrogen and oxygen atoms in total. The van der Waals surface area contributed by atoms with Crippen LogP contribution in [0.5, 0.6) is 0 Å². The Labute approximate surface area is 169 Å². The van der Waals surface area contributed by atoms with Crippen molar-refractivity contribution in [2.45, 2.75) is 40.2 Å². The summed E-state index contributed by atoms with van der Waals surface area (Å²) in [7, 11) is 2.05. The Balaban J connectivity index is 0.00000288. The molecule has 0 amide bonds. The van der Waals surface area contributed by atoms with E-state index in [1.165, 1.54) is 5.01 Å². The van der Waals surface area contributed by atoms with Crippen molar-refractivity contribution in [3.63, 3.8) is 0 Å². The average Bonchev–Trinajstić information content (AvgIpc) is 3.15. The number of nitrogens with one attached hydrogen (secondary N) is 1. The average molecular weight is 479 g/mol. The maximum atomic E-state index is 4.72. The van der Waals surface area contributed by atoms with Crippen LogP contribution >= 0.6 is 46.7 Å². The van der Waals surface area contributed by atoms with Crippen molar-refractivity contribution in [3.05, 3.63) is 32.2 Å². The number of hydrogen-bond acceptors (Lipinski definition) is 5. The molecular formula is C16H26IN5S2. The zero-order valence-corrected chi connectivity index (χ0v) is 18.7. The monoisotopic (exact) mass is 479 g/mol. The molecule has 8 heteroatoms. The summed E-state index contributed by atoms with van der Waals surface area (Å²) in [5, 5.41) is 9.90. The Morgan fingerprint density at radius 2 is 1.96 bits per heavy atom. The Hall–Kier alpha value is -0.740. The van der Waals surface area contributed by atoms with Gasteiger partial charge >= 0.3 is 0 Å². The molecule has 2 aromatic rings. The summed E-state index contributed by atoms with van der Waals surface area (Å²) in [5.41, 5.74) is 2.23. The molecule has 0 aliphatic rings. The van der Waals surface area contributed by atoms with Gasteiger partial charge in [0.25, 0.3) is 0 Å². The minimum absolute atomic E-state index is 0. The van der Waals surface area contributed by atoms with Gasteiger partial charge in [-0.05, 0) is 20.3 Å². The third-order valence-corrected chi connectivity index (χ3v) is 5.16. The molecule has 0 aliphatic carbocycles. The second kappa shape index (κ2) is 11.0. The number of guanidine groups is 1. The van der Waals surface area contributed by atoms with E-state index in [-0.39, 0.29) is 24.0 Å². The van der Waals surface area contributed by atoms with Crippen LogP contribution in [0, 0.1) is 6.92 Å². The summed E-state index contributed by atoms with van der Waals surface area (Å²) in [6.07, 6.45) is 1.89. The van der Waals surface area contributed by atoms with Crippen LogP contribution in [0.25, 0.3) is 0 Å². The third kappa shape index (κ3) is 6.64. The van der Waals surface area contributed by atoms with Crippen LogP contribution in [-0.4, -0.2) is 41.0 Å². The van der Waals surface area contributed by atoms with Gasteiger partial charge in [-0.3, -0.25) is 4.99 Å². The fourth-order valence-corrected chi connectivity index (χ4v) is 3.55. The SMILES string of the molecule is CCNC(=NCCc1csc(CC)n1)N(C)Cc1csc(C)n1.I. The highest BCUT2D eigenvalue weighted by molar-refractivity contribution is 14.0. The number of rotatable bonds is 7. The first-order valence-electron chi connectivity index (χ1n) is 7.96. The molecule has 134 valence electrons. The molecule has 24 heavy (non-hydrogen) atoms. The number of aliphatic imine (C=N–C) groups is 1. The van der Waals surface area contributed by atoms with Gasteiger partial charge in [0.15, 0.2) is 5.96 Å². The number of aryl methyl sites for hydroxylation is 2. The lowest BCUT2D eigenvalue weighted by atomic mass is 10.3. The van der Waals surface area contributed by atoms with Gasteiger partial charge < -0.3 is 10.2 Å². The van der Waals surface area contributed by atoms with Gasteiger partial charge in [-0.2, -0.15) is 0 Å². The van der Waals surface area contributed by atoms with Gasteiger partial charge in [0.2, 0.25) is 0 Å². The van der Waals surface area contributed by atoms with E-state index in [9.17, 15) is 0 Å². The summed E-state index contributed by atoms with van der Waals surface area (Å²) < 4.78 is 0. The van der Waals surface area contributed by atoms with E-state index in [0.717, 1.165) is 54.8 Å². The summed E-state index contributed by atoms with van der Waals surface area (Å²) in [6, 6.07) is 0. The zero-order chi connectivity index (χ0) is 16.7. The fraction of sp³-hybridized carbons (Fsp3) is 0.562. The van der Waals surface area contributed by atoms with Crippen molar-refractivity contribution >= 4 is 52.6 Å². The summed E-state index contributed by atoms with van der Waals surface area (Å²) >= 11 is 3.42. The molecule has 0 atom stereocenters. The maximum absolute atomic E-state index is 4.72. The number of aromatic nitrogens is 2. The summed E-state index contributed by atoms with van der Waals surface area (Å²) in [5.74, 6) is 0.920. The first kappa shape index (κ1) is 21.3. The Bertz CT molecular complexity index is 638. The van der Waals surface area contributed by atoms with Crippen LogP contribution in [0.15, 0.2) is 15.8 Å². The highest BCUT2D eigenvalue weighted by Gasteiger charge is 2.08. The van der Waals surface area contributed by atoms with E-state index in [1.807, 2.05) is 14.0 Å². The van der Waals surface area contributed by atoms with Crippen LogP contribution in [0.3, 0.4) is 0 Å². The van der Waals surface area contributed by atoms with Gasteiger partial charge in [0, 0.05) is 37.3 Å². The second-order valence-electron chi connectivity index (χ2n) is 5.29. The van der Waals surface area contributed by atoms with E-state index in [0.29, 0.717) is 0 Å². The van der Waals surface area contributed by atoms with Crippen LogP contribution in [0.2, 0.25) is 0 Å². The molecule has 1 N–H and O–H groups in total. The highest BCUT2D eigenvalue weighted by Crippen LogP contribution is 2.11. The molecule has 0 radical (unpaired) electrons. The van der Waals surface area contributed by atoms with E-state index in [4.69, 9.17) is 4.99 Å². The number of nitrogens with zero attached hydrogens (tertiary/aromatic N) is 4. The number of hydrogen-bond donors (Lipinski definition) is 1. The van der Waals surface area contributed by atoms with Gasteiger partial charge in [-0.25, -0.2) is 9.97 Å². The lowest BCUT2D eigenvalue weighted by molar-refractivity contribution is 0.471. The lowest BCUT2D eigenvalue weighted by Gasteiger charge is -2.21. The molecule has 0 saturated heterocycles. The van der Waals surface area contributed by atoms with Gasteiger partial charge in [0.05, 0.1) is 27.9 Å². The van der Waals surface area contributed by atoms with Crippen molar-refractivity contribution in [2.24, 2.45) is 4.99 Å². The van der Waals surface area contributed by atoms with E-state index in [2.05, 4.69) is 44.8 Å². The van der Waals surface area contributed by atoms with Crippen molar-refractivity contribution in [1.29, 1.82) is 0 Å². The highest BCUT2D eigenvalue weighted by atomic mass is 127. The smallest absolute Gasteiger partial charge is 0.194 e. The van der Waals surface area contributed by atoms with Crippen molar-refractivity contribution in [1.82, 2.24) is 20.2 Å². The van der Waals surface area contributed by atoms with Crippen molar-refractivity contribution in [2.75, 3.05) is 20.1 Å². The number of halogens is 1.